The minimum absolute atomic E-state index is 0.346. The summed E-state index contributed by atoms with van der Waals surface area (Å²) in [7, 11) is 1.68. The van der Waals surface area contributed by atoms with Gasteiger partial charge in [-0.3, -0.25) is 5.32 Å². The van der Waals surface area contributed by atoms with Gasteiger partial charge in [0.25, 0.3) is 0 Å². The van der Waals surface area contributed by atoms with E-state index in [4.69, 9.17) is 21.9 Å². The van der Waals surface area contributed by atoms with Crippen molar-refractivity contribution in [2.75, 3.05) is 54.1 Å². The summed E-state index contributed by atoms with van der Waals surface area (Å²) in [6.07, 6.45) is 0. The van der Waals surface area contributed by atoms with Crippen molar-refractivity contribution in [3.8, 4) is 5.75 Å². The van der Waals surface area contributed by atoms with Crippen molar-refractivity contribution in [1.29, 1.82) is 0 Å². The van der Waals surface area contributed by atoms with Gasteiger partial charge in [-0.05, 0) is 92.8 Å². The zero-order chi connectivity index (χ0) is 28.6. The van der Waals surface area contributed by atoms with Gasteiger partial charge < -0.3 is 25.2 Å². The van der Waals surface area contributed by atoms with Gasteiger partial charge in [-0.1, -0.05) is 18.2 Å². The van der Waals surface area contributed by atoms with E-state index >= 15 is 0 Å². The fourth-order valence-corrected chi connectivity index (χ4v) is 4.81. The van der Waals surface area contributed by atoms with E-state index in [2.05, 4.69) is 47.9 Å². The highest BCUT2D eigenvalue weighted by Crippen LogP contribution is 2.22. The minimum Gasteiger partial charge on any atom is -0.497 e. The number of thiocarbonyl (C=S) groups is 1. The fourth-order valence-electron chi connectivity index (χ4n) is 4.60. The third kappa shape index (κ3) is 7.70. The Balaban J connectivity index is 1.28. The van der Waals surface area contributed by atoms with E-state index < -0.39 is 0 Å². The lowest BCUT2D eigenvalue weighted by atomic mass is 10.2. The van der Waals surface area contributed by atoms with Gasteiger partial charge in [-0.2, -0.15) is 4.99 Å². The lowest BCUT2D eigenvalue weighted by molar-refractivity contribution is 0.385. The number of benzene rings is 3. The number of aryl methyl sites for hydroxylation is 2. The van der Waals surface area contributed by atoms with E-state index in [-0.39, 0.29) is 0 Å². The maximum Gasteiger partial charge on any atom is 0.229 e. The molecule has 9 nitrogen and oxygen atoms in total. The summed E-state index contributed by atoms with van der Waals surface area (Å²) in [5.41, 5.74) is 5.80. The number of methoxy groups -OCH3 is 1. The highest BCUT2D eigenvalue weighted by molar-refractivity contribution is 7.80. The molecule has 10 heteroatoms. The summed E-state index contributed by atoms with van der Waals surface area (Å²) in [5.74, 6) is 1.96. The molecule has 5 rings (SSSR count). The first-order valence-electron chi connectivity index (χ1n) is 13.5. The molecule has 2 heterocycles. The molecule has 0 aliphatic carbocycles. The third-order valence-corrected chi connectivity index (χ3v) is 6.82. The maximum absolute atomic E-state index is 5.67. The van der Waals surface area contributed by atoms with Gasteiger partial charge in [-0.15, -0.1) is 0 Å². The van der Waals surface area contributed by atoms with Crippen LogP contribution in [-0.4, -0.2) is 59.2 Å². The standard InChI is InChI=1S/C31H34N8OS/c1-22-21-23(2)33-29(32-22)36-30(39-19-17-38(18-20-39)27-13-15-28(40-3)16-14-27)37-31(41)35-26-11-9-25(10-12-26)34-24-7-5-4-6-8-24/h4-16,21,34H,17-20H2,1-3H3,(H2,32,33,35,36,37,41). The summed E-state index contributed by atoms with van der Waals surface area (Å²) in [4.78, 5) is 18.4. The molecular formula is C31H34N8OS. The number of nitrogens with zero attached hydrogens (tertiary/aromatic N) is 5. The number of aliphatic imine (C=N–C) groups is 1. The molecule has 1 aliphatic heterocycles. The lowest BCUT2D eigenvalue weighted by Crippen LogP contribution is -2.51. The average Bonchev–Trinajstić information content (AvgIpc) is 2.98. The molecule has 1 aromatic heterocycles. The number of para-hydroxylation sites is 1. The SMILES string of the molecule is COc1ccc(N2CCN(/C(=N\C(=S)Nc3ccc(Nc4ccccc4)cc3)Nc3nc(C)cc(C)n3)CC2)cc1. The summed E-state index contributed by atoms with van der Waals surface area (Å²) in [6.45, 7) is 7.07. The quantitative estimate of drug-likeness (QED) is 0.151. The van der Waals surface area contributed by atoms with E-state index in [1.165, 1.54) is 0 Å². The molecule has 1 fully saturated rings. The van der Waals surface area contributed by atoms with Crippen LogP contribution in [0.1, 0.15) is 11.4 Å². The molecule has 0 bridgehead atoms. The average molecular weight is 567 g/mol. The van der Waals surface area contributed by atoms with Crippen LogP contribution in [0.2, 0.25) is 0 Å². The molecule has 0 spiro atoms. The molecule has 0 atom stereocenters. The summed E-state index contributed by atoms with van der Waals surface area (Å²) < 4.78 is 5.30. The van der Waals surface area contributed by atoms with E-state index in [0.29, 0.717) is 17.0 Å². The van der Waals surface area contributed by atoms with Crippen LogP contribution >= 0.6 is 12.2 Å². The molecule has 1 aliphatic rings. The monoisotopic (exact) mass is 566 g/mol. The van der Waals surface area contributed by atoms with Crippen molar-refractivity contribution in [2.45, 2.75) is 13.8 Å². The third-order valence-electron chi connectivity index (χ3n) is 6.63. The van der Waals surface area contributed by atoms with Crippen LogP contribution in [0.4, 0.5) is 28.7 Å². The topological polar surface area (TPSA) is 89.9 Å². The predicted octanol–water partition coefficient (Wildman–Crippen LogP) is 5.83. The second kappa shape index (κ2) is 13.1. The summed E-state index contributed by atoms with van der Waals surface area (Å²) >= 11 is 5.67. The highest BCUT2D eigenvalue weighted by atomic mass is 32.1. The second-order valence-electron chi connectivity index (χ2n) is 9.71. The van der Waals surface area contributed by atoms with Crippen molar-refractivity contribution < 1.29 is 4.74 Å². The smallest absolute Gasteiger partial charge is 0.229 e. The van der Waals surface area contributed by atoms with Gasteiger partial charge in [0, 0.05) is 60.3 Å². The fraction of sp³-hybridized carbons (Fsp3) is 0.226. The molecule has 0 amide bonds. The Kier molecular flexibility index (Phi) is 8.90. The molecule has 4 aromatic rings. The number of piperazine rings is 1. The first-order valence-corrected chi connectivity index (χ1v) is 13.9. The number of ether oxygens (including phenoxy) is 1. The predicted molar refractivity (Wildman–Crippen MR) is 172 cm³/mol. The molecule has 0 unspecified atom stereocenters. The van der Waals surface area contributed by atoms with Gasteiger partial charge in [0.05, 0.1) is 7.11 Å². The molecule has 3 N–H and O–H groups in total. The highest BCUT2D eigenvalue weighted by Gasteiger charge is 2.22. The van der Waals surface area contributed by atoms with E-state index in [1.807, 2.05) is 86.6 Å². The van der Waals surface area contributed by atoms with Gasteiger partial charge in [0.15, 0.2) is 0 Å². The molecule has 0 saturated carbocycles. The molecule has 1 saturated heterocycles. The Morgan fingerprint density at radius 2 is 1.39 bits per heavy atom. The number of aromatic nitrogens is 2. The van der Waals surface area contributed by atoms with Crippen LogP contribution in [0.5, 0.6) is 5.75 Å². The first kappa shape index (κ1) is 27.9. The number of nitrogens with one attached hydrogen (secondary N) is 3. The van der Waals surface area contributed by atoms with E-state index in [0.717, 1.165) is 66.1 Å². The first-order chi connectivity index (χ1) is 19.9. The molecule has 41 heavy (non-hydrogen) atoms. The number of hydrogen-bond donors (Lipinski definition) is 3. The van der Waals surface area contributed by atoms with Crippen molar-refractivity contribution in [1.82, 2.24) is 14.9 Å². The molecular weight excluding hydrogens is 532 g/mol. The summed E-state index contributed by atoms with van der Waals surface area (Å²) in [6, 6.07) is 28.1. The van der Waals surface area contributed by atoms with Crippen LogP contribution in [0.25, 0.3) is 0 Å². The van der Waals surface area contributed by atoms with Crippen molar-refractivity contribution in [2.24, 2.45) is 4.99 Å². The van der Waals surface area contributed by atoms with Gasteiger partial charge >= 0.3 is 0 Å². The van der Waals surface area contributed by atoms with Crippen LogP contribution in [0, 0.1) is 13.8 Å². The zero-order valence-electron chi connectivity index (χ0n) is 23.5. The van der Waals surface area contributed by atoms with Crippen molar-refractivity contribution in [3.63, 3.8) is 0 Å². The van der Waals surface area contributed by atoms with Crippen LogP contribution in [-0.2, 0) is 0 Å². The number of rotatable bonds is 6. The maximum atomic E-state index is 5.67. The van der Waals surface area contributed by atoms with Crippen molar-refractivity contribution in [3.05, 3.63) is 96.3 Å². The van der Waals surface area contributed by atoms with Crippen LogP contribution in [0.3, 0.4) is 0 Å². The number of guanidine groups is 1. The Hall–Kier alpha value is -4.70. The molecule has 210 valence electrons. The van der Waals surface area contributed by atoms with E-state index in [9.17, 15) is 0 Å². The normalized spacial score (nSPS) is 13.5. The largest absolute Gasteiger partial charge is 0.497 e. The Labute approximate surface area is 246 Å². The Morgan fingerprint density at radius 3 is 2.02 bits per heavy atom. The Morgan fingerprint density at radius 1 is 0.780 bits per heavy atom. The molecule has 3 aromatic carbocycles. The van der Waals surface area contributed by atoms with Gasteiger partial charge in [0.2, 0.25) is 17.0 Å². The van der Waals surface area contributed by atoms with Crippen molar-refractivity contribution >= 4 is 52.0 Å². The van der Waals surface area contributed by atoms with Gasteiger partial charge in [0.1, 0.15) is 5.75 Å². The second-order valence-corrected chi connectivity index (χ2v) is 10.1. The number of anilines is 5. The zero-order valence-corrected chi connectivity index (χ0v) is 24.3. The Bertz CT molecular complexity index is 1470. The summed E-state index contributed by atoms with van der Waals surface area (Å²) in [5, 5.41) is 10.3. The minimum atomic E-state index is 0.346. The van der Waals surface area contributed by atoms with Crippen LogP contribution in [0.15, 0.2) is 89.9 Å². The van der Waals surface area contributed by atoms with Crippen LogP contribution < -0.4 is 25.6 Å². The lowest BCUT2D eigenvalue weighted by Gasteiger charge is -2.37. The molecule has 0 radical (unpaired) electrons. The number of hydrogen-bond acceptors (Lipinski definition) is 6. The van der Waals surface area contributed by atoms with Gasteiger partial charge in [-0.25, -0.2) is 9.97 Å². The van der Waals surface area contributed by atoms with E-state index in [1.54, 1.807) is 7.11 Å².